The predicted octanol–water partition coefficient (Wildman–Crippen LogP) is 1.54. The van der Waals surface area contributed by atoms with Crippen LogP contribution in [0.1, 0.15) is 12.8 Å². The zero-order chi connectivity index (χ0) is 12.8. The molecule has 1 amide bonds. The molecule has 1 aliphatic heterocycles. The topological polar surface area (TPSA) is 50.4 Å². The Labute approximate surface area is 121 Å². The average molecular weight is 360 g/mol. The standard InChI is InChI=1S/C13H17IN2O2/c14-10-3-5-12(6-4-10)18-9-13(17)16-11-2-1-7-15-8-11/h3-6,11,15H,1-2,7-9H2,(H,16,17). The van der Waals surface area contributed by atoms with Crippen LogP contribution in [-0.4, -0.2) is 31.6 Å². The lowest BCUT2D eigenvalue weighted by Crippen LogP contribution is -2.46. The molecule has 2 N–H and O–H groups in total. The minimum Gasteiger partial charge on any atom is -0.484 e. The zero-order valence-corrected chi connectivity index (χ0v) is 12.3. The maximum atomic E-state index is 11.7. The summed E-state index contributed by atoms with van der Waals surface area (Å²) in [5.41, 5.74) is 0. The van der Waals surface area contributed by atoms with Gasteiger partial charge in [0.1, 0.15) is 5.75 Å². The fourth-order valence-corrected chi connectivity index (χ4v) is 2.28. The van der Waals surface area contributed by atoms with Gasteiger partial charge >= 0.3 is 0 Å². The molecular weight excluding hydrogens is 343 g/mol. The summed E-state index contributed by atoms with van der Waals surface area (Å²) in [7, 11) is 0. The van der Waals surface area contributed by atoms with Gasteiger partial charge in [-0.05, 0) is 66.2 Å². The number of carbonyl (C=O) groups is 1. The summed E-state index contributed by atoms with van der Waals surface area (Å²) < 4.78 is 6.58. The summed E-state index contributed by atoms with van der Waals surface area (Å²) in [4.78, 5) is 11.7. The van der Waals surface area contributed by atoms with Gasteiger partial charge in [-0.15, -0.1) is 0 Å². The van der Waals surface area contributed by atoms with Gasteiger partial charge in [0.2, 0.25) is 0 Å². The number of hydrogen-bond acceptors (Lipinski definition) is 3. The second-order valence-electron chi connectivity index (χ2n) is 4.35. The van der Waals surface area contributed by atoms with E-state index in [1.165, 1.54) is 0 Å². The molecule has 1 saturated heterocycles. The van der Waals surface area contributed by atoms with Crippen molar-refractivity contribution in [3.63, 3.8) is 0 Å². The van der Waals surface area contributed by atoms with Crippen LogP contribution in [0.4, 0.5) is 0 Å². The van der Waals surface area contributed by atoms with Gasteiger partial charge in [-0.25, -0.2) is 0 Å². The Morgan fingerprint density at radius 1 is 1.44 bits per heavy atom. The highest BCUT2D eigenvalue weighted by Gasteiger charge is 2.15. The number of rotatable bonds is 4. The highest BCUT2D eigenvalue weighted by molar-refractivity contribution is 14.1. The van der Waals surface area contributed by atoms with Crippen LogP contribution in [0.2, 0.25) is 0 Å². The first-order valence-electron chi connectivity index (χ1n) is 6.12. The van der Waals surface area contributed by atoms with Crippen molar-refractivity contribution >= 4 is 28.5 Å². The van der Waals surface area contributed by atoms with Crippen LogP contribution >= 0.6 is 22.6 Å². The molecule has 1 aromatic rings. The highest BCUT2D eigenvalue weighted by atomic mass is 127. The number of nitrogens with one attached hydrogen (secondary N) is 2. The number of piperidine rings is 1. The predicted molar refractivity (Wildman–Crippen MR) is 78.7 cm³/mol. The third-order valence-electron chi connectivity index (χ3n) is 2.85. The number of benzene rings is 1. The van der Waals surface area contributed by atoms with Gasteiger partial charge in [0.25, 0.3) is 5.91 Å². The minimum atomic E-state index is -0.0535. The second kappa shape index (κ2) is 6.94. The Morgan fingerprint density at radius 2 is 2.22 bits per heavy atom. The van der Waals surface area contributed by atoms with Crippen LogP contribution in [0.5, 0.6) is 5.75 Å². The van der Waals surface area contributed by atoms with Crippen molar-refractivity contribution in [3.8, 4) is 5.75 Å². The first-order valence-corrected chi connectivity index (χ1v) is 7.20. The lowest BCUT2D eigenvalue weighted by molar-refractivity contribution is -0.123. The van der Waals surface area contributed by atoms with Gasteiger partial charge in [0.05, 0.1) is 0 Å². The molecule has 1 unspecified atom stereocenters. The molecule has 0 aromatic heterocycles. The number of ether oxygens (including phenoxy) is 1. The van der Waals surface area contributed by atoms with E-state index >= 15 is 0 Å². The van der Waals surface area contributed by atoms with Gasteiger partial charge in [-0.2, -0.15) is 0 Å². The Morgan fingerprint density at radius 3 is 2.89 bits per heavy atom. The number of hydrogen-bond donors (Lipinski definition) is 2. The average Bonchev–Trinajstić information content (AvgIpc) is 2.39. The van der Waals surface area contributed by atoms with E-state index in [1.54, 1.807) is 0 Å². The van der Waals surface area contributed by atoms with E-state index < -0.39 is 0 Å². The molecule has 1 heterocycles. The molecular formula is C13H17IN2O2. The summed E-state index contributed by atoms with van der Waals surface area (Å²) >= 11 is 2.23. The smallest absolute Gasteiger partial charge is 0.258 e. The van der Waals surface area contributed by atoms with Gasteiger partial charge in [-0.1, -0.05) is 0 Å². The Bertz CT molecular complexity index is 388. The Kier molecular flexibility index (Phi) is 5.25. The maximum absolute atomic E-state index is 11.7. The molecule has 18 heavy (non-hydrogen) atoms. The number of halogens is 1. The van der Waals surface area contributed by atoms with Gasteiger partial charge in [0, 0.05) is 16.2 Å². The highest BCUT2D eigenvalue weighted by Crippen LogP contribution is 2.13. The van der Waals surface area contributed by atoms with Crippen LogP contribution in [0, 0.1) is 3.57 Å². The first kappa shape index (κ1) is 13.6. The molecule has 0 saturated carbocycles. The molecule has 5 heteroatoms. The van der Waals surface area contributed by atoms with Crippen LogP contribution in [0.25, 0.3) is 0 Å². The third kappa shape index (κ3) is 4.45. The summed E-state index contributed by atoms with van der Waals surface area (Å²) in [6.07, 6.45) is 2.16. The van der Waals surface area contributed by atoms with Crippen molar-refractivity contribution in [2.75, 3.05) is 19.7 Å². The molecule has 0 spiro atoms. The fraction of sp³-hybridized carbons (Fsp3) is 0.462. The molecule has 0 aliphatic carbocycles. The summed E-state index contributed by atoms with van der Waals surface area (Å²) in [5.74, 6) is 0.676. The molecule has 98 valence electrons. The van der Waals surface area contributed by atoms with Gasteiger partial charge < -0.3 is 15.4 Å². The molecule has 1 aliphatic rings. The second-order valence-corrected chi connectivity index (χ2v) is 5.60. The molecule has 4 nitrogen and oxygen atoms in total. The molecule has 0 radical (unpaired) electrons. The van der Waals surface area contributed by atoms with Crippen LogP contribution in [0.3, 0.4) is 0 Å². The van der Waals surface area contributed by atoms with Crippen molar-refractivity contribution < 1.29 is 9.53 Å². The lowest BCUT2D eigenvalue weighted by Gasteiger charge is -2.23. The summed E-state index contributed by atoms with van der Waals surface area (Å²) in [6.45, 7) is 1.98. The zero-order valence-electron chi connectivity index (χ0n) is 10.1. The summed E-state index contributed by atoms with van der Waals surface area (Å²) in [5, 5.41) is 6.24. The molecule has 0 bridgehead atoms. The van der Waals surface area contributed by atoms with E-state index in [-0.39, 0.29) is 18.6 Å². The molecule has 1 aromatic carbocycles. The number of carbonyl (C=O) groups excluding carboxylic acids is 1. The van der Waals surface area contributed by atoms with Crippen LogP contribution in [0.15, 0.2) is 24.3 Å². The third-order valence-corrected chi connectivity index (χ3v) is 3.56. The van der Waals surface area contributed by atoms with Crippen LogP contribution in [-0.2, 0) is 4.79 Å². The van der Waals surface area contributed by atoms with Crippen molar-refractivity contribution in [1.29, 1.82) is 0 Å². The molecule has 1 atom stereocenters. The van der Waals surface area contributed by atoms with Crippen molar-refractivity contribution in [1.82, 2.24) is 10.6 Å². The SMILES string of the molecule is O=C(COc1ccc(I)cc1)NC1CCCNC1. The van der Waals surface area contributed by atoms with E-state index in [0.717, 1.165) is 35.3 Å². The maximum Gasteiger partial charge on any atom is 0.258 e. The van der Waals surface area contributed by atoms with Crippen molar-refractivity contribution in [2.24, 2.45) is 0 Å². The van der Waals surface area contributed by atoms with Crippen molar-refractivity contribution in [2.45, 2.75) is 18.9 Å². The van der Waals surface area contributed by atoms with Crippen molar-refractivity contribution in [3.05, 3.63) is 27.8 Å². The fourth-order valence-electron chi connectivity index (χ4n) is 1.92. The Hall–Kier alpha value is -0.820. The minimum absolute atomic E-state index is 0.0535. The van der Waals surface area contributed by atoms with Crippen LogP contribution < -0.4 is 15.4 Å². The Balaban J connectivity index is 1.72. The normalized spacial score (nSPS) is 19.3. The van der Waals surface area contributed by atoms with E-state index in [2.05, 4.69) is 33.2 Å². The first-order chi connectivity index (χ1) is 8.74. The molecule has 1 fully saturated rings. The van der Waals surface area contributed by atoms with E-state index in [9.17, 15) is 4.79 Å². The van der Waals surface area contributed by atoms with Gasteiger partial charge in [-0.3, -0.25) is 4.79 Å². The van der Waals surface area contributed by atoms with E-state index in [0.29, 0.717) is 0 Å². The lowest BCUT2D eigenvalue weighted by atomic mass is 10.1. The quantitative estimate of drug-likeness (QED) is 0.801. The van der Waals surface area contributed by atoms with E-state index in [4.69, 9.17) is 4.74 Å². The monoisotopic (exact) mass is 360 g/mol. The molecule has 2 rings (SSSR count). The van der Waals surface area contributed by atoms with E-state index in [1.807, 2.05) is 24.3 Å². The van der Waals surface area contributed by atoms with Gasteiger partial charge in [0.15, 0.2) is 6.61 Å². The summed E-state index contributed by atoms with van der Waals surface area (Å²) in [6, 6.07) is 7.90. The largest absolute Gasteiger partial charge is 0.484 e. The number of amides is 1.